The van der Waals surface area contributed by atoms with Crippen molar-refractivity contribution in [3.05, 3.63) is 54.1 Å². The molecule has 0 saturated heterocycles. The summed E-state index contributed by atoms with van der Waals surface area (Å²) in [6.07, 6.45) is 0.199. The molecule has 9 heteroatoms. The molecular formula is C19H21NO7S. The predicted molar refractivity (Wildman–Crippen MR) is 104 cm³/mol. The normalized spacial score (nSPS) is 10.9. The third-order valence-electron chi connectivity index (χ3n) is 3.70. The van der Waals surface area contributed by atoms with Gasteiger partial charge < -0.3 is 19.9 Å². The van der Waals surface area contributed by atoms with Gasteiger partial charge in [-0.3, -0.25) is 4.79 Å². The first-order valence-corrected chi connectivity index (χ1v) is 10.2. The van der Waals surface area contributed by atoms with E-state index in [1.54, 1.807) is 24.3 Å². The fourth-order valence-corrected chi connectivity index (χ4v) is 3.54. The van der Waals surface area contributed by atoms with Gasteiger partial charge in [-0.15, -0.1) is 0 Å². The number of hydrogen-bond acceptors (Lipinski definition) is 6. The number of aromatic carboxylic acids is 1. The van der Waals surface area contributed by atoms with Gasteiger partial charge >= 0.3 is 5.97 Å². The van der Waals surface area contributed by atoms with Crippen LogP contribution in [0.4, 0.5) is 5.69 Å². The molecule has 0 aromatic heterocycles. The number of carboxylic acid groups (broad SMARTS) is 1. The Labute approximate surface area is 163 Å². The summed E-state index contributed by atoms with van der Waals surface area (Å²) in [6.45, 7) is 0.125. The topological polar surface area (TPSA) is 119 Å². The highest BCUT2D eigenvalue weighted by atomic mass is 32.2. The number of methoxy groups -OCH3 is 1. The maximum absolute atomic E-state index is 12.1. The molecule has 8 nitrogen and oxygen atoms in total. The smallest absolute Gasteiger partial charge is 0.335 e. The second-order valence-electron chi connectivity index (χ2n) is 5.87. The minimum atomic E-state index is -3.60. The van der Waals surface area contributed by atoms with E-state index in [1.165, 1.54) is 31.4 Å². The largest absolute Gasteiger partial charge is 0.495 e. The molecule has 28 heavy (non-hydrogen) atoms. The van der Waals surface area contributed by atoms with E-state index in [4.69, 9.17) is 14.6 Å². The molecule has 0 unspecified atom stereocenters. The molecule has 2 aromatic carbocycles. The number of para-hydroxylation sites is 2. The fraction of sp³-hybridized carbons (Fsp3) is 0.263. The number of rotatable bonds is 10. The molecular weight excluding hydrogens is 386 g/mol. The molecule has 0 radical (unpaired) electrons. The standard InChI is InChI=1S/C19H21NO7S/c1-26-17-6-3-2-5-16(17)20-18(21)13-28(24,25)12-4-11-27-15-9-7-14(8-10-15)19(22)23/h2-3,5-10H,4,11-13H2,1H3,(H,20,21)(H,22,23). The van der Waals surface area contributed by atoms with E-state index in [9.17, 15) is 18.0 Å². The van der Waals surface area contributed by atoms with E-state index in [1.807, 2.05) is 0 Å². The molecule has 0 saturated carbocycles. The second kappa shape index (κ2) is 9.75. The SMILES string of the molecule is COc1ccccc1NC(=O)CS(=O)(=O)CCCOc1ccc(C(=O)O)cc1. The van der Waals surface area contributed by atoms with Crippen LogP contribution in [0.3, 0.4) is 0 Å². The zero-order valence-electron chi connectivity index (χ0n) is 15.3. The van der Waals surface area contributed by atoms with Crippen molar-refractivity contribution in [1.82, 2.24) is 0 Å². The van der Waals surface area contributed by atoms with E-state index >= 15 is 0 Å². The minimum Gasteiger partial charge on any atom is -0.495 e. The van der Waals surface area contributed by atoms with Gasteiger partial charge in [-0.1, -0.05) is 12.1 Å². The molecule has 0 heterocycles. The van der Waals surface area contributed by atoms with Crippen molar-refractivity contribution in [3.8, 4) is 11.5 Å². The number of nitrogens with one attached hydrogen (secondary N) is 1. The van der Waals surface area contributed by atoms with Crippen LogP contribution in [0.15, 0.2) is 48.5 Å². The molecule has 0 bridgehead atoms. The number of benzene rings is 2. The van der Waals surface area contributed by atoms with Crippen molar-refractivity contribution in [3.63, 3.8) is 0 Å². The van der Waals surface area contributed by atoms with Gasteiger partial charge in [-0.05, 0) is 42.8 Å². The summed E-state index contributed by atoms with van der Waals surface area (Å²) in [5.41, 5.74) is 0.536. The summed E-state index contributed by atoms with van der Waals surface area (Å²) in [5, 5.41) is 11.4. The first-order valence-electron chi connectivity index (χ1n) is 8.40. The Hall–Kier alpha value is -3.07. The van der Waals surface area contributed by atoms with Crippen molar-refractivity contribution in [2.45, 2.75) is 6.42 Å². The summed E-state index contributed by atoms with van der Waals surface area (Å²) in [5.74, 6) is -1.65. The van der Waals surface area contributed by atoms with Gasteiger partial charge in [0, 0.05) is 0 Å². The zero-order chi connectivity index (χ0) is 20.6. The van der Waals surface area contributed by atoms with Crippen molar-refractivity contribution in [1.29, 1.82) is 0 Å². The number of sulfone groups is 1. The van der Waals surface area contributed by atoms with E-state index in [-0.39, 0.29) is 24.3 Å². The second-order valence-corrected chi connectivity index (χ2v) is 8.06. The van der Waals surface area contributed by atoms with E-state index in [0.29, 0.717) is 17.2 Å². The van der Waals surface area contributed by atoms with E-state index in [0.717, 1.165) is 0 Å². The van der Waals surface area contributed by atoms with Crippen molar-refractivity contribution in [2.24, 2.45) is 0 Å². The molecule has 0 spiro atoms. The molecule has 0 aliphatic heterocycles. The number of carboxylic acids is 1. The highest BCUT2D eigenvalue weighted by molar-refractivity contribution is 7.92. The maximum atomic E-state index is 12.1. The average molecular weight is 407 g/mol. The summed E-state index contributed by atoms with van der Waals surface area (Å²) < 4.78 is 34.7. The van der Waals surface area contributed by atoms with Crippen LogP contribution in [-0.4, -0.2) is 50.6 Å². The van der Waals surface area contributed by atoms with Crippen LogP contribution in [0.1, 0.15) is 16.8 Å². The number of anilines is 1. The van der Waals surface area contributed by atoms with Crippen LogP contribution in [0.25, 0.3) is 0 Å². The summed E-state index contributed by atoms with van der Waals surface area (Å²) >= 11 is 0. The molecule has 2 rings (SSSR count). The molecule has 1 amide bonds. The first-order chi connectivity index (χ1) is 13.3. The Bertz CT molecular complexity index is 924. The van der Waals surface area contributed by atoms with Gasteiger partial charge in [-0.2, -0.15) is 0 Å². The molecule has 0 fully saturated rings. The van der Waals surface area contributed by atoms with Crippen LogP contribution in [0.2, 0.25) is 0 Å². The van der Waals surface area contributed by atoms with Crippen molar-refractivity contribution in [2.75, 3.05) is 30.5 Å². The molecule has 0 atom stereocenters. The van der Waals surface area contributed by atoms with Gasteiger partial charge in [0.15, 0.2) is 9.84 Å². The van der Waals surface area contributed by atoms with Gasteiger partial charge in [-0.25, -0.2) is 13.2 Å². The zero-order valence-corrected chi connectivity index (χ0v) is 16.1. The number of ether oxygens (including phenoxy) is 2. The predicted octanol–water partition coefficient (Wildman–Crippen LogP) is 2.22. The quantitative estimate of drug-likeness (QED) is 0.580. The summed E-state index contributed by atoms with van der Waals surface area (Å²) in [4.78, 5) is 22.8. The highest BCUT2D eigenvalue weighted by Crippen LogP contribution is 2.22. The minimum absolute atomic E-state index is 0.125. The van der Waals surface area contributed by atoms with E-state index in [2.05, 4.69) is 5.32 Å². The monoisotopic (exact) mass is 407 g/mol. The highest BCUT2D eigenvalue weighted by Gasteiger charge is 2.17. The first kappa shape index (κ1) is 21.2. The van der Waals surface area contributed by atoms with Crippen LogP contribution < -0.4 is 14.8 Å². The lowest BCUT2D eigenvalue weighted by Crippen LogP contribution is -2.25. The molecule has 2 aromatic rings. The Kier molecular flexibility index (Phi) is 7.39. The Morgan fingerprint density at radius 1 is 1.07 bits per heavy atom. The lowest BCUT2D eigenvalue weighted by atomic mass is 10.2. The maximum Gasteiger partial charge on any atom is 0.335 e. The Morgan fingerprint density at radius 2 is 1.75 bits per heavy atom. The molecule has 0 aliphatic carbocycles. The van der Waals surface area contributed by atoms with Gasteiger partial charge in [0.2, 0.25) is 5.91 Å². The number of carbonyl (C=O) groups is 2. The van der Waals surface area contributed by atoms with E-state index < -0.39 is 27.5 Å². The third kappa shape index (κ3) is 6.58. The molecule has 150 valence electrons. The third-order valence-corrected chi connectivity index (χ3v) is 5.31. The number of hydrogen-bond donors (Lipinski definition) is 2. The summed E-state index contributed by atoms with van der Waals surface area (Å²) in [6, 6.07) is 12.5. The lowest BCUT2D eigenvalue weighted by molar-refractivity contribution is -0.113. The lowest BCUT2D eigenvalue weighted by Gasteiger charge is -2.10. The summed E-state index contributed by atoms with van der Waals surface area (Å²) in [7, 11) is -2.15. The van der Waals surface area contributed by atoms with Gasteiger partial charge in [0.05, 0.1) is 30.7 Å². The van der Waals surface area contributed by atoms with Crippen LogP contribution >= 0.6 is 0 Å². The van der Waals surface area contributed by atoms with Gasteiger partial charge in [0.25, 0.3) is 0 Å². The molecule has 2 N–H and O–H groups in total. The van der Waals surface area contributed by atoms with Gasteiger partial charge in [0.1, 0.15) is 17.3 Å². The molecule has 0 aliphatic rings. The van der Waals surface area contributed by atoms with Crippen LogP contribution in [0, 0.1) is 0 Å². The Balaban J connectivity index is 1.78. The number of amides is 1. The Morgan fingerprint density at radius 3 is 2.39 bits per heavy atom. The van der Waals surface area contributed by atoms with Crippen molar-refractivity contribution < 1.29 is 32.6 Å². The fourth-order valence-electron chi connectivity index (χ4n) is 2.37. The van der Waals surface area contributed by atoms with Crippen LogP contribution in [0.5, 0.6) is 11.5 Å². The van der Waals surface area contributed by atoms with Crippen LogP contribution in [-0.2, 0) is 14.6 Å². The average Bonchev–Trinajstić information content (AvgIpc) is 2.65. The van der Waals surface area contributed by atoms with Crippen molar-refractivity contribution >= 4 is 27.4 Å². The number of carbonyl (C=O) groups excluding carboxylic acids is 1.